The molecule has 2 atom stereocenters. The predicted octanol–water partition coefficient (Wildman–Crippen LogP) is 3.70. The molecule has 0 spiro atoms. The van der Waals surface area contributed by atoms with E-state index < -0.39 is 0 Å². The second-order valence-electron chi connectivity index (χ2n) is 7.39. The molecule has 2 aromatic rings. The largest absolute Gasteiger partial charge is 0.440 e. The molecule has 2 aliphatic rings. The van der Waals surface area contributed by atoms with Crippen molar-refractivity contribution in [2.75, 3.05) is 13.1 Å². The van der Waals surface area contributed by atoms with Crippen molar-refractivity contribution in [1.29, 1.82) is 0 Å². The SMILES string of the molecule is NC1CCCC(C(=O)N2CCC(c3nc4cc(Cl)ccc4o3)CC2)C1. The minimum Gasteiger partial charge on any atom is -0.440 e. The van der Waals surface area contributed by atoms with Crippen molar-refractivity contribution in [3.05, 3.63) is 29.1 Å². The van der Waals surface area contributed by atoms with Crippen molar-refractivity contribution in [1.82, 2.24) is 9.88 Å². The Hall–Kier alpha value is -1.59. The molecule has 0 radical (unpaired) electrons. The topological polar surface area (TPSA) is 72.4 Å². The maximum absolute atomic E-state index is 12.7. The van der Waals surface area contributed by atoms with Gasteiger partial charge in [-0.1, -0.05) is 18.0 Å². The zero-order chi connectivity index (χ0) is 17.4. The van der Waals surface area contributed by atoms with Gasteiger partial charge in [-0.15, -0.1) is 0 Å². The molecule has 25 heavy (non-hydrogen) atoms. The first-order valence-corrected chi connectivity index (χ1v) is 9.58. The molecule has 0 bridgehead atoms. The monoisotopic (exact) mass is 361 g/mol. The summed E-state index contributed by atoms with van der Waals surface area (Å²) in [7, 11) is 0. The Labute approximate surface area is 152 Å². The normalized spacial score (nSPS) is 25.4. The van der Waals surface area contributed by atoms with Gasteiger partial charge in [-0.3, -0.25) is 4.79 Å². The fraction of sp³-hybridized carbons (Fsp3) is 0.579. The first-order chi connectivity index (χ1) is 12.1. The van der Waals surface area contributed by atoms with E-state index in [-0.39, 0.29) is 23.8 Å². The van der Waals surface area contributed by atoms with Gasteiger partial charge in [0.2, 0.25) is 5.91 Å². The number of amides is 1. The summed E-state index contributed by atoms with van der Waals surface area (Å²) < 4.78 is 5.90. The van der Waals surface area contributed by atoms with Gasteiger partial charge in [-0.2, -0.15) is 0 Å². The molecule has 2 N–H and O–H groups in total. The number of piperidine rings is 1. The maximum atomic E-state index is 12.7. The Morgan fingerprint density at radius 2 is 2.04 bits per heavy atom. The van der Waals surface area contributed by atoms with Gasteiger partial charge < -0.3 is 15.1 Å². The Bertz CT molecular complexity index is 767. The molecule has 6 heteroatoms. The summed E-state index contributed by atoms with van der Waals surface area (Å²) in [5.41, 5.74) is 7.61. The van der Waals surface area contributed by atoms with Crippen LogP contribution in [0.1, 0.15) is 50.3 Å². The number of aromatic nitrogens is 1. The molecular formula is C19H24ClN3O2. The van der Waals surface area contributed by atoms with Gasteiger partial charge in [0.05, 0.1) is 0 Å². The smallest absolute Gasteiger partial charge is 0.225 e. The third-order valence-corrected chi connectivity index (χ3v) is 5.82. The van der Waals surface area contributed by atoms with Crippen LogP contribution >= 0.6 is 11.6 Å². The third kappa shape index (κ3) is 3.53. The third-order valence-electron chi connectivity index (χ3n) is 5.59. The average molecular weight is 362 g/mol. The van der Waals surface area contributed by atoms with Crippen molar-refractivity contribution >= 4 is 28.6 Å². The van der Waals surface area contributed by atoms with Gasteiger partial charge in [0, 0.05) is 36.0 Å². The first kappa shape index (κ1) is 16.9. The molecule has 2 fully saturated rings. The van der Waals surface area contributed by atoms with Crippen LogP contribution in [0.15, 0.2) is 22.6 Å². The zero-order valence-electron chi connectivity index (χ0n) is 14.3. The minimum absolute atomic E-state index is 0.117. The van der Waals surface area contributed by atoms with Gasteiger partial charge in [0.15, 0.2) is 11.5 Å². The molecule has 2 heterocycles. The second kappa shape index (κ2) is 6.96. The van der Waals surface area contributed by atoms with Crippen molar-refractivity contribution in [2.24, 2.45) is 11.7 Å². The number of hydrogen-bond donors (Lipinski definition) is 1. The van der Waals surface area contributed by atoms with Crippen LogP contribution in [0, 0.1) is 5.92 Å². The molecule has 1 aromatic heterocycles. The summed E-state index contributed by atoms with van der Waals surface area (Å²) in [6.07, 6.45) is 5.73. The van der Waals surface area contributed by atoms with Gasteiger partial charge in [0.25, 0.3) is 0 Å². The van der Waals surface area contributed by atoms with Crippen molar-refractivity contribution in [3.8, 4) is 0 Å². The van der Waals surface area contributed by atoms with Crippen molar-refractivity contribution < 1.29 is 9.21 Å². The fourth-order valence-electron chi connectivity index (χ4n) is 4.15. The number of likely N-dealkylation sites (tertiary alicyclic amines) is 1. The molecule has 1 aliphatic carbocycles. The quantitative estimate of drug-likeness (QED) is 0.885. The van der Waals surface area contributed by atoms with Crippen LogP contribution in [0.2, 0.25) is 5.02 Å². The highest BCUT2D eigenvalue weighted by atomic mass is 35.5. The lowest BCUT2D eigenvalue weighted by Gasteiger charge is -2.35. The first-order valence-electron chi connectivity index (χ1n) is 9.20. The van der Waals surface area contributed by atoms with E-state index in [1.165, 1.54) is 0 Å². The Kier molecular flexibility index (Phi) is 4.69. The summed E-state index contributed by atoms with van der Waals surface area (Å²) in [6.45, 7) is 1.55. The highest BCUT2D eigenvalue weighted by Crippen LogP contribution is 2.32. The van der Waals surface area contributed by atoms with Crippen LogP contribution in [-0.2, 0) is 4.79 Å². The Morgan fingerprint density at radius 1 is 1.24 bits per heavy atom. The van der Waals surface area contributed by atoms with E-state index in [0.29, 0.717) is 5.02 Å². The van der Waals surface area contributed by atoms with Gasteiger partial charge in [0.1, 0.15) is 5.52 Å². The number of rotatable bonds is 2. The van der Waals surface area contributed by atoms with E-state index in [1.807, 2.05) is 23.1 Å². The van der Waals surface area contributed by atoms with Gasteiger partial charge in [-0.25, -0.2) is 4.98 Å². The Morgan fingerprint density at radius 3 is 2.80 bits per heavy atom. The van der Waals surface area contributed by atoms with Crippen LogP contribution in [0.25, 0.3) is 11.1 Å². The highest BCUT2D eigenvalue weighted by molar-refractivity contribution is 6.31. The van der Waals surface area contributed by atoms with Gasteiger partial charge >= 0.3 is 0 Å². The average Bonchev–Trinajstić information content (AvgIpc) is 3.04. The molecule has 1 aliphatic heterocycles. The van der Waals surface area contributed by atoms with Crippen LogP contribution < -0.4 is 5.73 Å². The van der Waals surface area contributed by atoms with Crippen LogP contribution in [-0.4, -0.2) is 34.9 Å². The number of oxazole rings is 1. The molecule has 134 valence electrons. The Balaban J connectivity index is 1.39. The summed E-state index contributed by atoms with van der Waals surface area (Å²) in [5, 5.41) is 0.665. The summed E-state index contributed by atoms with van der Waals surface area (Å²) in [5.74, 6) is 1.44. The second-order valence-corrected chi connectivity index (χ2v) is 7.82. The van der Waals surface area contributed by atoms with Crippen molar-refractivity contribution in [2.45, 2.75) is 50.5 Å². The number of nitrogens with zero attached hydrogens (tertiary/aromatic N) is 2. The predicted molar refractivity (Wildman–Crippen MR) is 97.5 cm³/mol. The van der Waals surface area contributed by atoms with Crippen molar-refractivity contribution in [3.63, 3.8) is 0 Å². The zero-order valence-corrected chi connectivity index (χ0v) is 15.0. The van der Waals surface area contributed by atoms with Crippen LogP contribution in [0.3, 0.4) is 0 Å². The van der Waals surface area contributed by atoms with E-state index in [2.05, 4.69) is 4.98 Å². The number of halogens is 1. The highest BCUT2D eigenvalue weighted by Gasteiger charge is 2.32. The van der Waals surface area contributed by atoms with E-state index >= 15 is 0 Å². The van der Waals surface area contributed by atoms with E-state index in [4.69, 9.17) is 21.8 Å². The molecule has 1 aromatic carbocycles. The number of nitrogens with two attached hydrogens (primary N) is 1. The maximum Gasteiger partial charge on any atom is 0.225 e. The summed E-state index contributed by atoms with van der Waals surface area (Å²) in [4.78, 5) is 19.3. The summed E-state index contributed by atoms with van der Waals surface area (Å²) in [6, 6.07) is 5.69. The van der Waals surface area contributed by atoms with Crippen LogP contribution in [0.5, 0.6) is 0 Å². The van der Waals surface area contributed by atoms with E-state index in [1.54, 1.807) is 0 Å². The van der Waals surface area contributed by atoms with E-state index in [0.717, 1.165) is 68.6 Å². The number of fused-ring (bicyclic) bond motifs is 1. The van der Waals surface area contributed by atoms with Gasteiger partial charge in [-0.05, 0) is 50.3 Å². The molecule has 4 rings (SSSR count). The standard InChI is InChI=1S/C19H24ClN3O2/c20-14-4-5-17-16(11-14)22-18(25-17)12-6-8-23(9-7-12)19(24)13-2-1-3-15(21)10-13/h4-5,11-13,15H,1-3,6-10,21H2. The molecule has 1 saturated carbocycles. The molecule has 1 saturated heterocycles. The number of carbonyl (C=O) groups excluding carboxylic acids is 1. The lowest BCUT2D eigenvalue weighted by atomic mass is 9.84. The van der Waals surface area contributed by atoms with Crippen LogP contribution in [0.4, 0.5) is 0 Å². The minimum atomic E-state index is 0.117. The molecule has 2 unspecified atom stereocenters. The summed E-state index contributed by atoms with van der Waals surface area (Å²) >= 11 is 6.02. The lowest BCUT2D eigenvalue weighted by Crippen LogP contribution is -2.44. The molecular weight excluding hydrogens is 338 g/mol. The molecule has 1 amide bonds. The fourth-order valence-corrected chi connectivity index (χ4v) is 4.32. The number of carbonyl (C=O) groups is 1. The van der Waals surface area contributed by atoms with E-state index in [9.17, 15) is 4.79 Å². The number of benzene rings is 1. The molecule has 5 nitrogen and oxygen atoms in total. The lowest BCUT2D eigenvalue weighted by molar-refractivity contribution is -0.137. The number of hydrogen-bond acceptors (Lipinski definition) is 4.